The van der Waals surface area contributed by atoms with Gasteiger partial charge < -0.3 is 4.74 Å². The van der Waals surface area contributed by atoms with Crippen molar-refractivity contribution in [1.29, 1.82) is 0 Å². The van der Waals surface area contributed by atoms with E-state index in [-0.39, 0.29) is 18.1 Å². The van der Waals surface area contributed by atoms with Gasteiger partial charge in [0.2, 0.25) is 0 Å². The number of hydrogen-bond acceptors (Lipinski definition) is 2. The first-order chi connectivity index (χ1) is 8.45. The summed E-state index contributed by atoms with van der Waals surface area (Å²) in [6.07, 6.45) is 1.85. The maximum Gasteiger partial charge on any atom is 0.338 e. The van der Waals surface area contributed by atoms with Gasteiger partial charge in [-0.1, -0.05) is 20.3 Å². The van der Waals surface area contributed by atoms with Crippen LogP contribution in [0.5, 0.6) is 0 Å². The molecule has 0 aromatic heterocycles. The summed E-state index contributed by atoms with van der Waals surface area (Å²) >= 11 is 0. The van der Waals surface area contributed by atoms with Crippen molar-refractivity contribution < 1.29 is 22.7 Å². The molecule has 1 atom stereocenters. The van der Waals surface area contributed by atoms with Crippen molar-refractivity contribution in [2.45, 2.75) is 26.7 Å². The lowest BCUT2D eigenvalue weighted by atomic mass is 10.1. The highest BCUT2D eigenvalue weighted by Gasteiger charge is 2.16. The summed E-state index contributed by atoms with van der Waals surface area (Å²) in [5, 5.41) is 0. The Balaban J connectivity index is 2.67. The van der Waals surface area contributed by atoms with E-state index >= 15 is 0 Å². The third-order valence-corrected chi connectivity index (χ3v) is 2.50. The van der Waals surface area contributed by atoms with E-state index in [1.165, 1.54) is 0 Å². The third kappa shape index (κ3) is 3.75. The monoisotopic (exact) mass is 260 g/mol. The van der Waals surface area contributed by atoms with Gasteiger partial charge in [0.05, 0.1) is 12.2 Å². The molecule has 0 aliphatic heterocycles. The molecule has 5 heteroatoms. The second kappa shape index (κ2) is 6.42. The van der Waals surface area contributed by atoms with Crippen LogP contribution in [0.4, 0.5) is 13.2 Å². The maximum atomic E-state index is 12.9. The van der Waals surface area contributed by atoms with Gasteiger partial charge in [-0.15, -0.1) is 0 Å². The molecular weight excluding hydrogens is 245 g/mol. The highest BCUT2D eigenvalue weighted by atomic mass is 19.2. The standard InChI is InChI=1S/C13H15F3O2/c1-3-4-8(2)7-18-13(17)9-5-10(14)12(16)11(15)6-9/h5-6,8H,3-4,7H2,1-2H3. The number of ether oxygens (including phenoxy) is 1. The van der Waals surface area contributed by atoms with Crippen LogP contribution in [-0.2, 0) is 4.74 Å². The minimum atomic E-state index is -1.59. The van der Waals surface area contributed by atoms with E-state index in [4.69, 9.17) is 4.74 Å². The summed E-state index contributed by atoms with van der Waals surface area (Å²) in [4.78, 5) is 11.5. The predicted octanol–water partition coefficient (Wildman–Crippen LogP) is 3.70. The molecule has 1 rings (SSSR count). The summed E-state index contributed by atoms with van der Waals surface area (Å²) in [5.74, 6) is -5.07. The van der Waals surface area contributed by atoms with Crippen LogP contribution in [-0.4, -0.2) is 12.6 Å². The van der Waals surface area contributed by atoms with Crippen molar-refractivity contribution in [2.24, 2.45) is 5.92 Å². The van der Waals surface area contributed by atoms with E-state index in [0.29, 0.717) is 12.1 Å². The Hall–Kier alpha value is -1.52. The summed E-state index contributed by atoms with van der Waals surface area (Å²) in [5.41, 5.74) is -0.324. The molecule has 1 aromatic rings. The Kier molecular flexibility index (Phi) is 5.19. The first kappa shape index (κ1) is 14.5. The Morgan fingerprint density at radius 1 is 1.28 bits per heavy atom. The van der Waals surface area contributed by atoms with Gasteiger partial charge in [-0.2, -0.15) is 0 Å². The minimum Gasteiger partial charge on any atom is -0.462 e. The molecule has 0 N–H and O–H groups in total. The van der Waals surface area contributed by atoms with Gasteiger partial charge in [-0.25, -0.2) is 18.0 Å². The Morgan fingerprint density at radius 3 is 2.33 bits per heavy atom. The normalized spacial score (nSPS) is 12.3. The Labute approximate surface area is 104 Å². The number of esters is 1. The predicted molar refractivity (Wildman–Crippen MR) is 60.7 cm³/mol. The van der Waals surface area contributed by atoms with Crippen LogP contribution in [0.2, 0.25) is 0 Å². The second-order valence-electron chi connectivity index (χ2n) is 4.25. The molecule has 0 saturated carbocycles. The molecule has 0 heterocycles. The first-order valence-corrected chi connectivity index (χ1v) is 5.77. The average molecular weight is 260 g/mol. The van der Waals surface area contributed by atoms with E-state index in [1.807, 2.05) is 13.8 Å². The largest absolute Gasteiger partial charge is 0.462 e. The number of hydrogen-bond donors (Lipinski definition) is 0. The summed E-state index contributed by atoms with van der Waals surface area (Å²) < 4.78 is 43.4. The number of benzene rings is 1. The molecule has 0 aliphatic rings. The Bertz CT molecular complexity index is 409. The zero-order valence-corrected chi connectivity index (χ0v) is 10.3. The first-order valence-electron chi connectivity index (χ1n) is 5.77. The van der Waals surface area contributed by atoms with Gasteiger partial charge in [0.1, 0.15) is 0 Å². The van der Waals surface area contributed by atoms with Crippen LogP contribution < -0.4 is 0 Å². The van der Waals surface area contributed by atoms with Gasteiger partial charge in [0.15, 0.2) is 17.5 Å². The molecule has 1 unspecified atom stereocenters. The van der Waals surface area contributed by atoms with Gasteiger partial charge >= 0.3 is 5.97 Å². The maximum absolute atomic E-state index is 12.9. The number of carbonyl (C=O) groups is 1. The van der Waals surface area contributed by atoms with Gasteiger partial charge in [0.25, 0.3) is 0 Å². The van der Waals surface area contributed by atoms with Crippen molar-refractivity contribution in [1.82, 2.24) is 0 Å². The molecule has 0 saturated heterocycles. The summed E-state index contributed by atoms with van der Waals surface area (Å²) in [6, 6.07) is 1.26. The minimum absolute atomic E-state index is 0.174. The van der Waals surface area contributed by atoms with Crippen molar-refractivity contribution in [2.75, 3.05) is 6.61 Å². The fourth-order valence-electron chi connectivity index (χ4n) is 1.55. The Morgan fingerprint density at radius 2 is 1.83 bits per heavy atom. The molecule has 18 heavy (non-hydrogen) atoms. The second-order valence-corrected chi connectivity index (χ2v) is 4.25. The van der Waals surface area contributed by atoms with Crippen LogP contribution >= 0.6 is 0 Å². The number of halogens is 3. The van der Waals surface area contributed by atoms with Crippen molar-refractivity contribution in [3.05, 3.63) is 35.1 Å². The van der Waals surface area contributed by atoms with Crippen LogP contribution in [0, 0.1) is 23.4 Å². The quantitative estimate of drug-likeness (QED) is 0.596. The zero-order chi connectivity index (χ0) is 13.7. The summed E-state index contributed by atoms with van der Waals surface area (Å²) in [7, 11) is 0. The molecule has 0 aliphatic carbocycles. The molecule has 0 amide bonds. The van der Waals surface area contributed by atoms with E-state index in [0.717, 1.165) is 12.8 Å². The average Bonchev–Trinajstić information content (AvgIpc) is 2.32. The molecule has 0 fully saturated rings. The number of rotatable bonds is 5. The van der Waals surface area contributed by atoms with Crippen LogP contribution in [0.15, 0.2) is 12.1 Å². The lowest BCUT2D eigenvalue weighted by Crippen LogP contribution is -2.13. The topological polar surface area (TPSA) is 26.3 Å². The SMILES string of the molecule is CCCC(C)COC(=O)c1cc(F)c(F)c(F)c1. The van der Waals surface area contributed by atoms with E-state index < -0.39 is 23.4 Å². The fourth-order valence-corrected chi connectivity index (χ4v) is 1.55. The smallest absolute Gasteiger partial charge is 0.338 e. The van der Waals surface area contributed by atoms with Crippen LogP contribution in [0.1, 0.15) is 37.0 Å². The molecule has 0 radical (unpaired) electrons. The van der Waals surface area contributed by atoms with Crippen LogP contribution in [0.3, 0.4) is 0 Å². The van der Waals surface area contributed by atoms with Crippen molar-refractivity contribution >= 4 is 5.97 Å². The molecule has 0 spiro atoms. The van der Waals surface area contributed by atoms with Gasteiger partial charge in [-0.05, 0) is 24.5 Å². The van der Waals surface area contributed by atoms with Crippen molar-refractivity contribution in [3.8, 4) is 0 Å². The molecule has 100 valence electrons. The highest BCUT2D eigenvalue weighted by molar-refractivity contribution is 5.89. The van der Waals surface area contributed by atoms with E-state index in [1.54, 1.807) is 0 Å². The van der Waals surface area contributed by atoms with Gasteiger partial charge in [0, 0.05) is 0 Å². The van der Waals surface area contributed by atoms with Gasteiger partial charge in [-0.3, -0.25) is 0 Å². The van der Waals surface area contributed by atoms with Crippen molar-refractivity contribution in [3.63, 3.8) is 0 Å². The zero-order valence-electron chi connectivity index (χ0n) is 10.3. The lowest BCUT2D eigenvalue weighted by molar-refractivity contribution is 0.0442. The third-order valence-electron chi connectivity index (χ3n) is 2.50. The molecule has 1 aromatic carbocycles. The molecule has 0 bridgehead atoms. The molecular formula is C13H15F3O2. The fraction of sp³-hybridized carbons (Fsp3) is 0.462. The highest BCUT2D eigenvalue weighted by Crippen LogP contribution is 2.15. The molecule has 2 nitrogen and oxygen atoms in total. The summed E-state index contributed by atoms with van der Waals surface area (Å²) in [6.45, 7) is 4.08. The van der Waals surface area contributed by atoms with E-state index in [2.05, 4.69) is 0 Å². The van der Waals surface area contributed by atoms with E-state index in [9.17, 15) is 18.0 Å². The van der Waals surface area contributed by atoms with Crippen LogP contribution in [0.25, 0.3) is 0 Å². The lowest BCUT2D eigenvalue weighted by Gasteiger charge is -2.11. The number of carbonyl (C=O) groups excluding carboxylic acids is 1.